The van der Waals surface area contributed by atoms with Crippen LogP contribution >= 0.6 is 0 Å². The Morgan fingerprint density at radius 2 is 0.864 bits per heavy atom. The molecular weight excluding hydrogens is 280 g/mol. The number of hydrogen-bond acceptors (Lipinski definition) is 4. The van der Waals surface area contributed by atoms with Crippen LogP contribution in [0.3, 0.4) is 0 Å². The van der Waals surface area contributed by atoms with E-state index in [0.29, 0.717) is 0 Å². The highest BCUT2D eigenvalue weighted by Gasteiger charge is 2.21. The van der Waals surface area contributed by atoms with Crippen LogP contribution in [-0.4, -0.2) is 0 Å². The Morgan fingerprint density at radius 3 is 1.55 bits per heavy atom. The molecule has 2 aromatic carbocycles. The van der Waals surface area contributed by atoms with Crippen molar-refractivity contribution in [1.29, 1.82) is 0 Å². The lowest BCUT2D eigenvalue weighted by atomic mass is 9.98. The number of benzene rings is 2. The van der Waals surface area contributed by atoms with Gasteiger partial charge in [0.25, 0.3) is 0 Å². The number of rotatable bonds is 0. The van der Waals surface area contributed by atoms with Crippen LogP contribution in [0.15, 0.2) is 67.0 Å². The highest BCUT2D eigenvalue weighted by atomic mass is 16.4. The van der Waals surface area contributed by atoms with Crippen molar-refractivity contribution in [2.75, 3.05) is 0 Å². The molecular formula is C18H8O4. The average Bonchev–Trinajstić information content (AvgIpc) is 3.28. The third-order valence-corrected chi connectivity index (χ3v) is 4.40. The third kappa shape index (κ3) is 1.01. The summed E-state index contributed by atoms with van der Waals surface area (Å²) in [7, 11) is 0. The van der Waals surface area contributed by atoms with E-state index in [0.717, 1.165) is 54.6 Å². The van der Waals surface area contributed by atoms with Crippen molar-refractivity contribution >= 4 is 54.6 Å². The van der Waals surface area contributed by atoms with E-state index in [-0.39, 0.29) is 0 Å². The van der Waals surface area contributed by atoms with Crippen LogP contribution in [0.2, 0.25) is 0 Å². The summed E-state index contributed by atoms with van der Waals surface area (Å²) in [5.41, 5.74) is 3.14. The molecule has 4 nitrogen and oxygen atoms in total. The molecule has 4 heterocycles. The molecule has 0 saturated carbocycles. The molecule has 0 aliphatic heterocycles. The van der Waals surface area contributed by atoms with E-state index >= 15 is 0 Å². The zero-order chi connectivity index (χ0) is 14.3. The SMILES string of the molecule is c1cc2c(o1)c1ccoc1c1c3ccoc3c3occc3c21. The standard InChI is InChI=1S/C18H8O4/c1-5-19-15-9(1)13-10-2-6-21-17(10)18-11(3-7-22-18)14(13)16-12(15)4-8-20-16/h1-8H. The van der Waals surface area contributed by atoms with Gasteiger partial charge in [0.15, 0.2) is 11.2 Å². The lowest BCUT2D eigenvalue weighted by Gasteiger charge is -2.04. The van der Waals surface area contributed by atoms with Gasteiger partial charge < -0.3 is 17.7 Å². The van der Waals surface area contributed by atoms with Gasteiger partial charge in [0.2, 0.25) is 0 Å². The summed E-state index contributed by atoms with van der Waals surface area (Å²) in [6.07, 6.45) is 6.77. The summed E-state index contributed by atoms with van der Waals surface area (Å²) >= 11 is 0. The van der Waals surface area contributed by atoms with Crippen LogP contribution in [0.25, 0.3) is 54.6 Å². The predicted molar refractivity (Wildman–Crippen MR) is 83.0 cm³/mol. The fourth-order valence-corrected chi connectivity index (χ4v) is 3.55. The predicted octanol–water partition coefficient (Wildman–Crippen LogP) is 5.82. The summed E-state index contributed by atoms with van der Waals surface area (Å²) in [4.78, 5) is 0. The molecule has 6 aromatic rings. The van der Waals surface area contributed by atoms with E-state index < -0.39 is 0 Å². The quantitative estimate of drug-likeness (QED) is 0.353. The van der Waals surface area contributed by atoms with Gasteiger partial charge in [-0.05, 0) is 24.3 Å². The van der Waals surface area contributed by atoms with E-state index in [9.17, 15) is 0 Å². The Hall–Kier alpha value is -3.14. The lowest BCUT2D eigenvalue weighted by Crippen LogP contribution is -1.80. The summed E-state index contributed by atoms with van der Waals surface area (Å²) in [5, 5.41) is 6.12. The highest BCUT2D eigenvalue weighted by Crippen LogP contribution is 2.44. The van der Waals surface area contributed by atoms with Gasteiger partial charge in [0.1, 0.15) is 11.2 Å². The lowest BCUT2D eigenvalue weighted by molar-refractivity contribution is 0.583. The van der Waals surface area contributed by atoms with Gasteiger partial charge in [-0.2, -0.15) is 0 Å². The van der Waals surface area contributed by atoms with Gasteiger partial charge in [0, 0.05) is 26.9 Å². The van der Waals surface area contributed by atoms with Crippen molar-refractivity contribution in [3.05, 3.63) is 49.3 Å². The van der Waals surface area contributed by atoms with Crippen molar-refractivity contribution in [3.8, 4) is 0 Å². The fourth-order valence-electron chi connectivity index (χ4n) is 3.55. The number of hydrogen-bond donors (Lipinski definition) is 0. The smallest absolute Gasteiger partial charge is 0.177 e. The van der Waals surface area contributed by atoms with Gasteiger partial charge in [-0.1, -0.05) is 0 Å². The summed E-state index contributed by atoms with van der Waals surface area (Å²) in [6, 6.07) is 7.84. The van der Waals surface area contributed by atoms with Gasteiger partial charge in [-0.15, -0.1) is 0 Å². The van der Waals surface area contributed by atoms with Crippen LogP contribution in [0.4, 0.5) is 0 Å². The van der Waals surface area contributed by atoms with Crippen LogP contribution in [0, 0.1) is 0 Å². The molecule has 0 atom stereocenters. The summed E-state index contributed by atoms with van der Waals surface area (Å²) in [6.45, 7) is 0. The molecule has 0 amide bonds. The molecule has 0 saturated heterocycles. The Kier molecular flexibility index (Phi) is 1.61. The molecule has 0 bridgehead atoms. The molecule has 0 aliphatic rings. The second-order valence-electron chi connectivity index (χ2n) is 5.40. The molecule has 0 fully saturated rings. The number of fused-ring (bicyclic) bond motifs is 11. The Labute approximate surface area is 122 Å². The highest BCUT2D eigenvalue weighted by molar-refractivity contribution is 6.36. The molecule has 4 heteroatoms. The normalized spacial score (nSPS) is 12.5. The first-order valence-electron chi connectivity index (χ1n) is 7.00. The van der Waals surface area contributed by atoms with Crippen molar-refractivity contribution in [2.45, 2.75) is 0 Å². The number of furan rings is 4. The third-order valence-electron chi connectivity index (χ3n) is 4.40. The van der Waals surface area contributed by atoms with Crippen molar-refractivity contribution in [3.63, 3.8) is 0 Å². The topological polar surface area (TPSA) is 52.6 Å². The minimum absolute atomic E-state index is 0.744. The molecule has 6 rings (SSSR count). The molecule has 104 valence electrons. The second kappa shape index (κ2) is 3.36. The van der Waals surface area contributed by atoms with E-state index in [1.54, 1.807) is 25.1 Å². The van der Waals surface area contributed by atoms with Gasteiger partial charge in [-0.3, -0.25) is 0 Å². The zero-order valence-corrected chi connectivity index (χ0v) is 11.3. The van der Waals surface area contributed by atoms with Crippen molar-refractivity contribution in [1.82, 2.24) is 0 Å². The van der Waals surface area contributed by atoms with E-state index in [1.807, 2.05) is 24.3 Å². The molecule has 0 radical (unpaired) electrons. The Balaban J connectivity index is 2.19. The van der Waals surface area contributed by atoms with Gasteiger partial charge >= 0.3 is 0 Å². The molecule has 22 heavy (non-hydrogen) atoms. The van der Waals surface area contributed by atoms with Gasteiger partial charge in [-0.25, -0.2) is 0 Å². The fraction of sp³-hybridized carbons (Fsp3) is 0. The Bertz CT molecular complexity index is 1120. The van der Waals surface area contributed by atoms with Crippen molar-refractivity contribution < 1.29 is 17.7 Å². The first-order valence-corrected chi connectivity index (χ1v) is 7.00. The van der Waals surface area contributed by atoms with Crippen molar-refractivity contribution in [2.24, 2.45) is 0 Å². The van der Waals surface area contributed by atoms with Gasteiger partial charge in [0.05, 0.1) is 30.4 Å². The molecule has 0 aliphatic carbocycles. The van der Waals surface area contributed by atoms with Crippen LogP contribution in [0.1, 0.15) is 0 Å². The minimum Gasteiger partial charge on any atom is -0.464 e. The maximum absolute atomic E-state index is 5.78. The molecule has 0 N–H and O–H groups in total. The van der Waals surface area contributed by atoms with Crippen LogP contribution in [0.5, 0.6) is 0 Å². The maximum Gasteiger partial charge on any atom is 0.177 e. The monoisotopic (exact) mass is 288 g/mol. The zero-order valence-electron chi connectivity index (χ0n) is 11.3. The van der Waals surface area contributed by atoms with E-state index in [4.69, 9.17) is 17.7 Å². The second-order valence-corrected chi connectivity index (χ2v) is 5.40. The first kappa shape index (κ1) is 10.6. The largest absolute Gasteiger partial charge is 0.464 e. The summed E-state index contributed by atoms with van der Waals surface area (Å²) in [5.74, 6) is 0. The first-order chi connectivity index (χ1) is 10.9. The Morgan fingerprint density at radius 1 is 0.409 bits per heavy atom. The van der Waals surface area contributed by atoms with E-state index in [2.05, 4.69) is 0 Å². The maximum atomic E-state index is 5.78. The molecule has 0 unspecified atom stereocenters. The minimum atomic E-state index is 0.744. The molecule has 4 aromatic heterocycles. The van der Waals surface area contributed by atoms with Crippen LogP contribution in [-0.2, 0) is 0 Å². The summed E-state index contributed by atoms with van der Waals surface area (Å²) < 4.78 is 22.8. The van der Waals surface area contributed by atoms with E-state index in [1.165, 1.54) is 0 Å². The van der Waals surface area contributed by atoms with Crippen LogP contribution < -0.4 is 0 Å². The molecule has 0 spiro atoms. The average molecular weight is 288 g/mol.